The van der Waals surface area contributed by atoms with Crippen molar-refractivity contribution in [3.63, 3.8) is 0 Å². The Balaban J connectivity index is 2.19. The number of nitrogens with one attached hydrogen (secondary N) is 1. The molecule has 0 fully saturated rings. The lowest BCUT2D eigenvalue weighted by Crippen LogP contribution is -2.13. The molecule has 18 heavy (non-hydrogen) atoms. The van der Waals surface area contributed by atoms with E-state index in [0.29, 0.717) is 5.76 Å². The molecule has 0 spiro atoms. The molecule has 0 amide bonds. The zero-order valence-corrected chi connectivity index (χ0v) is 10.1. The molecule has 0 aliphatic rings. The lowest BCUT2D eigenvalue weighted by molar-refractivity contribution is 0.504. The smallest absolute Gasteiger partial charge is 0.182 e. The average Bonchev–Trinajstić information content (AvgIpc) is 2.83. The standard InChI is InChI=1S/C12H10F2N2OS/c13-10-8(12(15)18)3-4-9(11(10)14)16-6-7-2-1-5-17-7/h1-5,16H,6H2,(H2,15,18). The topological polar surface area (TPSA) is 51.2 Å². The largest absolute Gasteiger partial charge is 0.467 e. The van der Waals surface area contributed by atoms with Gasteiger partial charge in [0.05, 0.1) is 18.5 Å². The second-order valence-corrected chi connectivity index (χ2v) is 4.03. The molecular formula is C12H10F2N2OS. The lowest BCUT2D eigenvalue weighted by Gasteiger charge is -2.09. The highest BCUT2D eigenvalue weighted by Gasteiger charge is 2.14. The quantitative estimate of drug-likeness (QED) is 0.837. The van der Waals surface area contributed by atoms with Crippen molar-refractivity contribution >= 4 is 22.9 Å². The van der Waals surface area contributed by atoms with Gasteiger partial charge in [0.1, 0.15) is 10.7 Å². The summed E-state index contributed by atoms with van der Waals surface area (Å²) in [6, 6.07) is 6.16. The molecule has 0 radical (unpaired) electrons. The van der Waals surface area contributed by atoms with Crippen molar-refractivity contribution in [2.24, 2.45) is 5.73 Å². The number of rotatable bonds is 4. The van der Waals surface area contributed by atoms with Gasteiger partial charge in [-0.15, -0.1) is 0 Å². The Morgan fingerprint density at radius 3 is 2.67 bits per heavy atom. The Labute approximate surface area is 108 Å². The third-order valence-corrected chi connectivity index (χ3v) is 2.60. The van der Waals surface area contributed by atoms with Crippen LogP contribution in [0.5, 0.6) is 0 Å². The van der Waals surface area contributed by atoms with Gasteiger partial charge in [-0.05, 0) is 24.3 Å². The molecule has 1 heterocycles. The maximum Gasteiger partial charge on any atom is 0.182 e. The minimum absolute atomic E-state index is 0.0314. The predicted octanol–water partition coefficient (Wildman–Crippen LogP) is 2.80. The maximum atomic E-state index is 13.7. The molecule has 0 saturated heterocycles. The van der Waals surface area contributed by atoms with Crippen molar-refractivity contribution in [3.05, 3.63) is 53.5 Å². The van der Waals surface area contributed by atoms with E-state index in [2.05, 4.69) is 17.5 Å². The highest BCUT2D eigenvalue weighted by atomic mass is 32.1. The van der Waals surface area contributed by atoms with Gasteiger partial charge in [-0.1, -0.05) is 12.2 Å². The first-order valence-corrected chi connectivity index (χ1v) is 5.54. The number of benzene rings is 1. The van der Waals surface area contributed by atoms with Crippen molar-refractivity contribution in [3.8, 4) is 0 Å². The second-order valence-electron chi connectivity index (χ2n) is 3.59. The molecule has 94 valence electrons. The van der Waals surface area contributed by atoms with Gasteiger partial charge < -0.3 is 15.5 Å². The van der Waals surface area contributed by atoms with Crippen LogP contribution >= 0.6 is 12.2 Å². The first kappa shape index (κ1) is 12.5. The molecule has 0 unspecified atom stereocenters. The normalized spacial score (nSPS) is 10.3. The monoisotopic (exact) mass is 268 g/mol. The molecule has 0 bridgehead atoms. The number of furan rings is 1. The molecule has 0 atom stereocenters. The molecule has 0 aliphatic carbocycles. The van der Waals surface area contributed by atoms with Crippen LogP contribution in [0, 0.1) is 11.6 Å². The Morgan fingerprint density at radius 2 is 2.06 bits per heavy atom. The Bertz CT molecular complexity index is 570. The van der Waals surface area contributed by atoms with Gasteiger partial charge in [-0.25, -0.2) is 8.78 Å². The van der Waals surface area contributed by atoms with Crippen LogP contribution in [-0.2, 0) is 6.54 Å². The fourth-order valence-corrected chi connectivity index (χ4v) is 1.63. The van der Waals surface area contributed by atoms with E-state index in [4.69, 9.17) is 10.2 Å². The van der Waals surface area contributed by atoms with Crippen molar-refractivity contribution in [1.29, 1.82) is 0 Å². The summed E-state index contributed by atoms with van der Waals surface area (Å²) < 4.78 is 32.3. The van der Waals surface area contributed by atoms with Crippen molar-refractivity contribution < 1.29 is 13.2 Å². The van der Waals surface area contributed by atoms with Gasteiger partial charge in [0.25, 0.3) is 0 Å². The van der Waals surface area contributed by atoms with Crippen LogP contribution in [0.2, 0.25) is 0 Å². The molecule has 3 nitrogen and oxygen atoms in total. The molecule has 1 aromatic heterocycles. The molecule has 2 aromatic rings. The summed E-state index contributed by atoms with van der Waals surface area (Å²) >= 11 is 4.62. The number of hydrogen-bond acceptors (Lipinski definition) is 3. The maximum absolute atomic E-state index is 13.7. The lowest BCUT2D eigenvalue weighted by atomic mass is 10.1. The third-order valence-electron chi connectivity index (χ3n) is 2.38. The number of thiocarbonyl (C=S) groups is 1. The van der Waals surface area contributed by atoms with E-state index < -0.39 is 11.6 Å². The van der Waals surface area contributed by atoms with Crippen LogP contribution in [0.1, 0.15) is 11.3 Å². The van der Waals surface area contributed by atoms with Gasteiger partial charge in [0.2, 0.25) is 0 Å². The Morgan fingerprint density at radius 1 is 1.28 bits per heavy atom. The first-order chi connectivity index (χ1) is 8.59. The number of nitrogens with two attached hydrogens (primary N) is 1. The van der Waals surface area contributed by atoms with Crippen LogP contribution in [0.25, 0.3) is 0 Å². The number of halogens is 2. The molecule has 2 rings (SSSR count). The fourth-order valence-electron chi connectivity index (χ4n) is 1.47. The SMILES string of the molecule is NC(=S)c1ccc(NCc2ccco2)c(F)c1F. The Kier molecular flexibility index (Phi) is 3.57. The molecular weight excluding hydrogens is 258 g/mol. The summed E-state index contributed by atoms with van der Waals surface area (Å²) in [6.45, 7) is 0.260. The van der Waals surface area contributed by atoms with E-state index in [1.165, 1.54) is 18.4 Å². The summed E-state index contributed by atoms with van der Waals surface area (Å²) in [4.78, 5) is -0.177. The summed E-state index contributed by atoms with van der Waals surface area (Å²) in [5, 5.41) is 2.73. The summed E-state index contributed by atoms with van der Waals surface area (Å²) in [7, 11) is 0. The van der Waals surface area contributed by atoms with Crippen LogP contribution < -0.4 is 11.1 Å². The summed E-state index contributed by atoms with van der Waals surface area (Å²) in [6.07, 6.45) is 1.50. The van der Waals surface area contributed by atoms with E-state index in [1.807, 2.05) is 0 Å². The highest BCUT2D eigenvalue weighted by molar-refractivity contribution is 7.80. The zero-order valence-electron chi connectivity index (χ0n) is 9.24. The fraction of sp³-hybridized carbons (Fsp3) is 0.0833. The van der Waals surface area contributed by atoms with Crippen LogP contribution in [0.15, 0.2) is 34.9 Å². The second kappa shape index (κ2) is 5.14. The van der Waals surface area contributed by atoms with Gasteiger partial charge in [0.15, 0.2) is 11.6 Å². The Hall–Kier alpha value is -1.95. The van der Waals surface area contributed by atoms with Gasteiger partial charge in [-0.2, -0.15) is 0 Å². The van der Waals surface area contributed by atoms with E-state index >= 15 is 0 Å². The van der Waals surface area contributed by atoms with Crippen LogP contribution in [-0.4, -0.2) is 4.99 Å². The van der Waals surface area contributed by atoms with Crippen LogP contribution in [0.4, 0.5) is 14.5 Å². The summed E-state index contributed by atoms with van der Waals surface area (Å²) in [5.74, 6) is -1.44. The van der Waals surface area contributed by atoms with E-state index in [0.717, 1.165) is 0 Å². The first-order valence-electron chi connectivity index (χ1n) is 5.13. The van der Waals surface area contributed by atoms with Gasteiger partial charge in [0, 0.05) is 5.56 Å². The molecule has 0 aliphatic heterocycles. The molecule has 3 N–H and O–H groups in total. The predicted molar refractivity (Wildman–Crippen MR) is 68.3 cm³/mol. The molecule has 1 aromatic carbocycles. The van der Waals surface area contributed by atoms with Crippen molar-refractivity contribution in [2.75, 3.05) is 5.32 Å². The van der Waals surface area contributed by atoms with Crippen LogP contribution in [0.3, 0.4) is 0 Å². The minimum Gasteiger partial charge on any atom is -0.467 e. The van der Waals surface area contributed by atoms with E-state index in [1.54, 1.807) is 12.1 Å². The average molecular weight is 268 g/mol. The number of hydrogen-bond donors (Lipinski definition) is 2. The molecule has 6 heteroatoms. The van der Waals surface area contributed by atoms with E-state index in [9.17, 15) is 8.78 Å². The molecule has 0 saturated carbocycles. The minimum atomic E-state index is -1.05. The van der Waals surface area contributed by atoms with Gasteiger partial charge >= 0.3 is 0 Å². The highest BCUT2D eigenvalue weighted by Crippen LogP contribution is 2.21. The number of anilines is 1. The van der Waals surface area contributed by atoms with E-state index in [-0.39, 0.29) is 22.8 Å². The van der Waals surface area contributed by atoms with Gasteiger partial charge in [-0.3, -0.25) is 0 Å². The van der Waals surface area contributed by atoms with Crippen molar-refractivity contribution in [1.82, 2.24) is 0 Å². The third kappa shape index (κ3) is 2.48. The zero-order chi connectivity index (χ0) is 13.1. The van der Waals surface area contributed by atoms with Crippen molar-refractivity contribution in [2.45, 2.75) is 6.54 Å². The summed E-state index contributed by atoms with van der Waals surface area (Å²) in [5.41, 5.74) is 5.20.